The predicted molar refractivity (Wildman–Crippen MR) is 69.8 cm³/mol. The maximum absolute atomic E-state index is 11.7. The Morgan fingerprint density at radius 2 is 2.11 bits per heavy atom. The van der Waals surface area contributed by atoms with E-state index in [1.54, 1.807) is 31.2 Å². The van der Waals surface area contributed by atoms with Gasteiger partial charge in [-0.2, -0.15) is 5.10 Å². The molecule has 1 aromatic heterocycles. The first kappa shape index (κ1) is 12.7. The number of hydrazone groups is 1. The molecule has 6 heteroatoms. The van der Waals surface area contributed by atoms with Crippen molar-refractivity contribution < 1.29 is 9.90 Å². The van der Waals surface area contributed by atoms with Crippen molar-refractivity contribution in [2.24, 2.45) is 5.10 Å². The molecule has 19 heavy (non-hydrogen) atoms. The molecule has 1 aromatic carbocycles. The number of nitrogens with zero attached hydrogens (tertiary/aromatic N) is 3. The van der Waals surface area contributed by atoms with Crippen LogP contribution in [0, 0.1) is 0 Å². The van der Waals surface area contributed by atoms with Gasteiger partial charge in [-0.25, -0.2) is 10.4 Å². The normalized spacial score (nSPS) is 11.1. The van der Waals surface area contributed by atoms with Crippen molar-refractivity contribution in [2.45, 2.75) is 6.92 Å². The van der Waals surface area contributed by atoms with Gasteiger partial charge in [0.15, 0.2) is 0 Å². The van der Waals surface area contributed by atoms with Crippen LogP contribution in [0.15, 0.2) is 48.0 Å². The number of amides is 1. The van der Waals surface area contributed by atoms with E-state index in [0.717, 1.165) is 0 Å². The van der Waals surface area contributed by atoms with Gasteiger partial charge in [-0.3, -0.25) is 9.78 Å². The highest BCUT2D eigenvalue weighted by atomic mass is 16.3. The molecule has 0 saturated heterocycles. The lowest BCUT2D eigenvalue weighted by molar-refractivity contribution is 0.0949. The number of phenolic OH excluding ortho intramolecular Hbond substituents is 1. The van der Waals surface area contributed by atoms with Gasteiger partial charge < -0.3 is 5.11 Å². The molecule has 96 valence electrons. The Bertz CT molecular complexity index is 611. The average molecular weight is 256 g/mol. The number of carbonyl (C=O) groups excluding carboxylic acids is 1. The fourth-order valence-electron chi connectivity index (χ4n) is 1.45. The molecular weight excluding hydrogens is 244 g/mol. The zero-order valence-corrected chi connectivity index (χ0v) is 10.2. The molecule has 0 saturated carbocycles. The van der Waals surface area contributed by atoms with Crippen LogP contribution < -0.4 is 5.43 Å². The molecule has 2 rings (SSSR count). The standard InChI is InChI=1S/C13H12N4O2/c1-9(10-4-2-3-5-12(10)18)16-17-13(19)11-8-14-6-7-15-11/h2-8,18H,1H3,(H,17,19). The van der Waals surface area contributed by atoms with E-state index in [0.29, 0.717) is 11.3 Å². The number of carbonyl (C=O) groups is 1. The lowest BCUT2D eigenvalue weighted by Gasteiger charge is -2.04. The van der Waals surface area contributed by atoms with E-state index in [1.165, 1.54) is 18.6 Å². The zero-order valence-electron chi connectivity index (χ0n) is 10.2. The lowest BCUT2D eigenvalue weighted by atomic mass is 10.1. The summed E-state index contributed by atoms with van der Waals surface area (Å²) >= 11 is 0. The average Bonchev–Trinajstić information content (AvgIpc) is 2.46. The molecule has 0 aliphatic rings. The second kappa shape index (κ2) is 5.72. The van der Waals surface area contributed by atoms with E-state index in [1.807, 2.05) is 0 Å². The van der Waals surface area contributed by atoms with Crippen molar-refractivity contribution in [3.63, 3.8) is 0 Å². The summed E-state index contributed by atoms with van der Waals surface area (Å²) in [6, 6.07) is 6.75. The number of rotatable bonds is 3. The quantitative estimate of drug-likeness (QED) is 0.640. The van der Waals surface area contributed by atoms with Gasteiger partial charge in [0.25, 0.3) is 5.91 Å². The Balaban J connectivity index is 2.11. The molecular formula is C13H12N4O2. The summed E-state index contributed by atoms with van der Waals surface area (Å²) < 4.78 is 0. The summed E-state index contributed by atoms with van der Waals surface area (Å²) in [5, 5.41) is 13.6. The SMILES string of the molecule is CC(=NNC(=O)c1cnccn1)c1ccccc1O. The third-order valence-electron chi connectivity index (χ3n) is 2.41. The molecule has 1 amide bonds. The molecule has 2 aromatic rings. The highest BCUT2D eigenvalue weighted by Gasteiger charge is 2.07. The van der Waals surface area contributed by atoms with Crippen molar-refractivity contribution in [3.05, 3.63) is 54.1 Å². The molecule has 0 atom stereocenters. The molecule has 0 spiro atoms. The number of phenols is 1. The summed E-state index contributed by atoms with van der Waals surface area (Å²) in [5.74, 6) is -0.347. The fourth-order valence-corrected chi connectivity index (χ4v) is 1.45. The van der Waals surface area contributed by atoms with E-state index in [2.05, 4.69) is 20.5 Å². The van der Waals surface area contributed by atoms with E-state index in [9.17, 15) is 9.90 Å². The lowest BCUT2D eigenvalue weighted by Crippen LogP contribution is -2.20. The van der Waals surface area contributed by atoms with Gasteiger partial charge in [-0.05, 0) is 19.1 Å². The van der Waals surface area contributed by atoms with E-state index in [4.69, 9.17) is 0 Å². The summed E-state index contributed by atoms with van der Waals surface area (Å²) in [4.78, 5) is 19.3. The topological polar surface area (TPSA) is 87.5 Å². The molecule has 0 fully saturated rings. The Labute approximate surface area is 109 Å². The molecule has 0 radical (unpaired) electrons. The molecule has 6 nitrogen and oxygen atoms in total. The molecule has 2 N–H and O–H groups in total. The van der Waals surface area contributed by atoms with Crippen LogP contribution in [-0.2, 0) is 0 Å². The number of aromatic nitrogens is 2. The van der Waals surface area contributed by atoms with Crippen LogP contribution >= 0.6 is 0 Å². The van der Waals surface area contributed by atoms with Crippen molar-refractivity contribution in [1.29, 1.82) is 0 Å². The largest absolute Gasteiger partial charge is 0.507 e. The van der Waals surface area contributed by atoms with Crippen LogP contribution in [0.1, 0.15) is 23.0 Å². The zero-order chi connectivity index (χ0) is 13.7. The second-order valence-electron chi connectivity index (χ2n) is 3.75. The summed E-state index contributed by atoms with van der Waals surface area (Å²) in [6.45, 7) is 1.69. The van der Waals surface area contributed by atoms with Crippen LogP contribution in [0.4, 0.5) is 0 Å². The highest BCUT2D eigenvalue weighted by molar-refractivity contribution is 6.02. The van der Waals surface area contributed by atoms with Gasteiger partial charge in [-0.1, -0.05) is 12.1 Å². The number of para-hydroxylation sites is 1. The van der Waals surface area contributed by atoms with Gasteiger partial charge in [0, 0.05) is 18.0 Å². The third kappa shape index (κ3) is 3.12. The Morgan fingerprint density at radius 3 is 2.79 bits per heavy atom. The molecule has 0 aliphatic heterocycles. The summed E-state index contributed by atoms with van der Waals surface area (Å²) in [5.41, 5.74) is 3.59. The van der Waals surface area contributed by atoms with E-state index >= 15 is 0 Å². The van der Waals surface area contributed by atoms with E-state index in [-0.39, 0.29) is 11.4 Å². The van der Waals surface area contributed by atoms with Crippen molar-refractivity contribution >= 4 is 11.6 Å². The fraction of sp³-hybridized carbons (Fsp3) is 0.0769. The maximum Gasteiger partial charge on any atom is 0.291 e. The van der Waals surface area contributed by atoms with Crippen LogP contribution in [0.3, 0.4) is 0 Å². The van der Waals surface area contributed by atoms with Gasteiger partial charge in [0.1, 0.15) is 11.4 Å². The smallest absolute Gasteiger partial charge is 0.291 e. The highest BCUT2D eigenvalue weighted by Crippen LogP contribution is 2.16. The molecule has 0 bridgehead atoms. The van der Waals surface area contributed by atoms with Crippen LogP contribution in [-0.4, -0.2) is 26.7 Å². The van der Waals surface area contributed by atoms with Gasteiger partial charge in [0.05, 0.1) is 11.9 Å². The number of nitrogens with one attached hydrogen (secondary N) is 1. The Hall–Kier alpha value is -2.76. The van der Waals surface area contributed by atoms with Crippen molar-refractivity contribution in [2.75, 3.05) is 0 Å². The summed E-state index contributed by atoms with van der Waals surface area (Å²) in [6.07, 6.45) is 4.25. The molecule has 0 unspecified atom stereocenters. The predicted octanol–water partition coefficient (Wildman–Crippen LogP) is 1.34. The van der Waals surface area contributed by atoms with Crippen molar-refractivity contribution in [1.82, 2.24) is 15.4 Å². The molecule has 1 heterocycles. The Morgan fingerprint density at radius 1 is 1.32 bits per heavy atom. The minimum absolute atomic E-state index is 0.109. The third-order valence-corrected chi connectivity index (χ3v) is 2.41. The first-order chi connectivity index (χ1) is 9.18. The number of hydrogen-bond donors (Lipinski definition) is 2. The number of benzene rings is 1. The van der Waals surface area contributed by atoms with Gasteiger partial charge in [-0.15, -0.1) is 0 Å². The summed E-state index contributed by atoms with van der Waals surface area (Å²) in [7, 11) is 0. The maximum atomic E-state index is 11.7. The van der Waals surface area contributed by atoms with Crippen molar-refractivity contribution in [3.8, 4) is 5.75 Å². The van der Waals surface area contributed by atoms with Gasteiger partial charge in [0.2, 0.25) is 0 Å². The van der Waals surface area contributed by atoms with Crippen LogP contribution in [0.5, 0.6) is 5.75 Å². The minimum Gasteiger partial charge on any atom is -0.507 e. The number of aromatic hydroxyl groups is 1. The Kier molecular flexibility index (Phi) is 3.82. The first-order valence-electron chi connectivity index (χ1n) is 5.57. The van der Waals surface area contributed by atoms with Crippen LogP contribution in [0.25, 0.3) is 0 Å². The number of hydrogen-bond acceptors (Lipinski definition) is 5. The van der Waals surface area contributed by atoms with Gasteiger partial charge >= 0.3 is 0 Å². The van der Waals surface area contributed by atoms with E-state index < -0.39 is 5.91 Å². The van der Waals surface area contributed by atoms with Crippen LogP contribution in [0.2, 0.25) is 0 Å². The monoisotopic (exact) mass is 256 g/mol. The second-order valence-corrected chi connectivity index (χ2v) is 3.75. The minimum atomic E-state index is -0.456. The molecule has 0 aliphatic carbocycles. The first-order valence-corrected chi connectivity index (χ1v) is 5.57.